The van der Waals surface area contributed by atoms with Gasteiger partial charge in [-0.3, -0.25) is 4.79 Å². The molecule has 242 valence electrons. The summed E-state index contributed by atoms with van der Waals surface area (Å²) in [6.45, 7) is 7.79. The van der Waals surface area contributed by atoms with Crippen molar-refractivity contribution in [2.24, 2.45) is 5.11 Å². The number of anilines is 1. The molecular weight excluding hydrogens is 598 g/mol. The molecule has 1 atom stereocenters. The number of halogens is 1. The highest BCUT2D eigenvalue weighted by Crippen LogP contribution is 2.31. The van der Waals surface area contributed by atoms with E-state index in [4.69, 9.17) is 26.6 Å². The van der Waals surface area contributed by atoms with Gasteiger partial charge < -0.3 is 30.0 Å². The molecule has 1 fully saturated rings. The third-order valence-corrected chi connectivity index (χ3v) is 7.91. The van der Waals surface area contributed by atoms with E-state index in [1.165, 1.54) is 6.33 Å². The molecule has 0 saturated carbocycles. The Morgan fingerprint density at radius 3 is 2.60 bits per heavy atom. The van der Waals surface area contributed by atoms with E-state index in [2.05, 4.69) is 40.5 Å². The summed E-state index contributed by atoms with van der Waals surface area (Å²) in [4.78, 5) is 44.1. The molecule has 1 aliphatic heterocycles. The van der Waals surface area contributed by atoms with Crippen molar-refractivity contribution in [3.63, 3.8) is 0 Å². The number of azide groups is 1. The molecule has 45 heavy (non-hydrogen) atoms. The Balaban J connectivity index is 1.47. The second-order valence-corrected chi connectivity index (χ2v) is 12.6. The lowest BCUT2D eigenvalue weighted by Crippen LogP contribution is -2.64. The SMILES string of the molecule is CC(C)(C)OC(=O)NC1(C(=O)N[C@@H](CCOCCCCCN=[N+]=[N-])c2ccc(Cl)cc2)CCN(c2ncnc3[nH]ccc23)CC1. The van der Waals surface area contributed by atoms with Crippen LogP contribution < -0.4 is 15.5 Å². The number of rotatable bonds is 14. The molecule has 2 amide bonds. The van der Waals surface area contributed by atoms with E-state index in [0.29, 0.717) is 57.1 Å². The molecule has 0 bridgehead atoms. The van der Waals surface area contributed by atoms with Gasteiger partial charge in [-0.2, -0.15) is 0 Å². The minimum atomic E-state index is -1.21. The number of nitrogens with zero attached hydrogens (tertiary/aromatic N) is 6. The number of H-pyrrole nitrogens is 1. The lowest BCUT2D eigenvalue weighted by Gasteiger charge is -2.42. The van der Waals surface area contributed by atoms with E-state index in [9.17, 15) is 9.59 Å². The molecule has 13 nitrogen and oxygen atoms in total. The van der Waals surface area contributed by atoms with Crippen molar-refractivity contribution in [2.45, 2.75) is 76.5 Å². The van der Waals surface area contributed by atoms with Crippen LogP contribution in [0.3, 0.4) is 0 Å². The number of benzene rings is 1. The van der Waals surface area contributed by atoms with Crippen molar-refractivity contribution in [1.29, 1.82) is 0 Å². The van der Waals surface area contributed by atoms with Crippen LogP contribution in [0.15, 0.2) is 48.0 Å². The first-order chi connectivity index (χ1) is 21.6. The van der Waals surface area contributed by atoms with Gasteiger partial charge in [0.1, 0.15) is 28.9 Å². The predicted octanol–water partition coefficient (Wildman–Crippen LogP) is 6.22. The number of nitrogens with one attached hydrogen (secondary N) is 3. The number of hydrogen-bond acceptors (Lipinski definition) is 8. The summed E-state index contributed by atoms with van der Waals surface area (Å²) in [6, 6.07) is 8.90. The third-order valence-electron chi connectivity index (χ3n) is 7.66. The van der Waals surface area contributed by atoms with Crippen molar-refractivity contribution in [2.75, 3.05) is 37.7 Å². The van der Waals surface area contributed by atoms with Crippen molar-refractivity contribution in [1.82, 2.24) is 25.6 Å². The lowest BCUT2D eigenvalue weighted by atomic mass is 9.85. The highest BCUT2D eigenvalue weighted by atomic mass is 35.5. The molecule has 1 saturated heterocycles. The zero-order chi connectivity index (χ0) is 32.3. The van der Waals surface area contributed by atoms with Crippen LogP contribution in [0.25, 0.3) is 21.5 Å². The number of carbonyl (C=O) groups is 2. The summed E-state index contributed by atoms with van der Waals surface area (Å²) < 4.78 is 11.5. The molecule has 3 aromatic rings. The Labute approximate surface area is 268 Å². The number of unbranched alkanes of at least 4 members (excludes halogenated alkanes) is 2. The van der Waals surface area contributed by atoms with Gasteiger partial charge in [-0.1, -0.05) is 35.3 Å². The van der Waals surface area contributed by atoms with E-state index >= 15 is 0 Å². The maximum absolute atomic E-state index is 14.2. The number of fused-ring (bicyclic) bond motifs is 1. The molecule has 0 radical (unpaired) electrons. The van der Waals surface area contributed by atoms with Crippen LogP contribution in [-0.4, -0.2) is 70.9 Å². The zero-order valence-corrected chi connectivity index (χ0v) is 26.8. The van der Waals surface area contributed by atoms with Crippen molar-refractivity contribution in [3.05, 3.63) is 63.9 Å². The van der Waals surface area contributed by atoms with Gasteiger partial charge >= 0.3 is 6.09 Å². The van der Waals surface area contributed by atoms with E-state index < -0.39 is 17.2 Å². The quantitative estimate of drug-likeness (QED) is 0.0813. The summed E-state index contributed by atoms with van der Waals surface area (Å²) in [5.41, 5.74) is 8.08. The largest absolute Gasteiger partial charge is 0.444 e. The Morgan fingerprint density at radius 1 is 1.13 bits per heavy atom. The summed E-state index contributed by atoms with van der Waals surface area (Å²) in [5.74, 6) is 0.488. The lowest BCUT2D eigenvalue weighted by molar-refractivity contribution is -0.129. The Hall–Kier alpha value is -4.06. The topological polar surface area (TPSA) is 170 Å². The van der Waals surface area contributed by atoms with Gasteiger partial charge in [0.2, 0.25) is 5.91 Å². The number of carbonyl (C=O) groups excluding carboxylic acids is 2. The van der Waals surface area contributed by atoms with E-state index in [1.807, 2.05) is 24.4 Å². The van der Waals surface area contributed by atoms with Crippen LogP contribution in [0.5, 0.6) is 0 Å². The normalized spacial score (nSPS) is 15.2. The third kappa shape index (κ3) is 9.71. The molecule has 3 N–H and O–H groups in total. The average Bonchev–Trinajstić information content (AvgIpc) is 3.49. The zero-order valence-electron chi connectivity index (χ0n) is 26.1. The first kappa shape index (κ1) is 33.8. The van der Waals surface area contributed by atoms with Crippen LogP contribution in [0.2, 0.25) is 5.02 Å². The van der Waals surface area contributed by atoms with E-state index in [0.717, 1.165) is 41.7 Å². The highest BCUT2D eigenvalue weighted by molar-refractivity contribution is 6.30. The Bertz CT molecular complexity index is 1460. The molecule has 3 heterocycles. The number of hydrogen-bond donors (Lipinski definition) is 3. The number of alkyl carbamates (subject to hydrolysis) is 1. The van der Waals surface area contributed by atoms with Crippen LogP contribution in [0, 0.1) is 0 Å². The molecule has 0 aliphatic carbocycles. The van der Waals surface area contributed by atoms with Crippen molar-refractivity contribution < 1.29 is 19.1 Å². The van der Waals surface area contributed by atoms with Crippen molar-refractivity contribution >= 4 is 40.5 Å². The second kappa shape index (κ2) is 15.8. The highest BCUT2D eigenvalue weighted by Gasteiger charge is 2.45. The van der Waals surface area contributed by atoms with Gasteiger partial charge in [0.15, 0.2) is 0 Å². The van der Waals surface area contributed by atoms with E-state index in [1.54, 1.807) is 32.9 Å². The predicted molar refractivity (Wildman–Crippen MR) is 173 cm³/mol. The van der Waals surface area contributed by atoms with Crippen LogP contribution in [0.4, 0.5) is 10.6 Å². The number of amides is 2. The standard InChI is InChI=1S/C31H42ClN9O4/c1-30(2,3)45-29(43)39-31(13-17-41(18-14-31)27-24-11-16-34-26(24)35-21-36-27)28(42)38-25(22-7-9-23(32)10-8-22)12-20-44-19-6-4-5-15-37-40-33/h7-11,16,21,25H,4-6,12-15,17-20H2,1-3H3,(H,38,42)(H,39,43)(H,34,35,36)/t25-/m0/s1. The van der Waals surface area contributed by atoms with Gasteiger partial charge in [-0.05, 0) is 82.2 Å². The van der Waals surface area contributed by atoms with Crippen molar-refractivity contribution in [3.8, 4) is 0 Å². The minimum Gasteiger partial charge on any atom is -0.444 e. The smallest absolute Gasteiger partial charge is 0.408 e. The average molecular weight is 640 g/mol. The maximum atomic E-state index is 14.2. The monoisotopic (exact) mass is 639 g/mol. The van der Waals surface area contributed by atoms with Gasteiger partial charge in [0.05, 0.1) is 11.4 Å². The second-order valence-electron chi connectivity index (χ2n) is 12.1. The fourth-order valence-electron chi connectivity index (χ4n) is 5.34. The van der Waals surface area contributed by atoms with E-state index in [-0.39, 0.29) is 11.9 Å². The molecule has 0 spiro atoms. The number of aromatic amines is 1. The Morgan fingerprint density at radius 2 is 1.89 bits per heavy atom. The molecular formula is C31H42ClN9O4. The van der Waals surface area contributed by atoms with Gasteiger partial charge in [-0.15, -0.1) is 0 Å². The van der Waals surface area contributed by atoms with Crippen LogP contribution >= 0.6 is 11.6 Å². The van der Waals surface area contributed by atoms with Crippen LogP contribution in [-0.2, 0) is 14.3 Å². The fraction of sp³-hybridized carbons (Fsp3) is 0.548. The number of piperidine rings is 1. The first-order valence-corrected chi connectivity index (χ1v) is 15.7. The first-order valence-electron chi connectivity index (χ1n) is 15.3. The summed E-state index contributed by atoms with van der Waals surface area (Å²) in [5, 5.41) is 11.2. The summed E-state index contributed by atoms with van der Waals surface area (Å²) in [6.07, 6.45) is 6.46. The molecule has 1 aromatic carbocycles. The van der Waals surface area contributed by atoms with Gasteiger partial charge in [0.25, 0.3) is 0 Å². The molecule has 0 unspecified atom stereocenters. The Kier molecular flexibility index (Phi) is 11.9. The maximum Gasteiger partial charge on any atom is 0.408 e. The molecule has 1 aliphatic rings. The molecule has 2 aromatic heterocycles. The molecule has 14 heteroatoms. The van der Waals surface area contributed by atoms with Gasteiger partial charge in [-0.25, -0.2) is 14.8 Å². The van der Waals surface area contributed by atoms with Crippen LogP contribution in [0.1, 0.15) is 70.9 Å². The summed E-state index contributed by atoms with van der Waals surface area (Å²) >= 11 is 6.16. The molecule has 4 rings (SSSR count). The number of ether oxygens (including phenoxy) is 2. The number of aromatic nitrogens is 3. The minimum absolute atomic E-state index is 0.291. The van der Waals surface area contributed by atoms with Gasteiger partial charge in [0, 0.05) is 49.0 Å². The summed E-state index contributed by atoms with van der Waals surface area (Å²) in [7, 11) is 0. The fourth-order valence-corrected chi connectivity index (χ4v) is 5.47.